The molecule has 0 fully saturated rings. The van der Waals surface area contributed by atoms with Crippen LogP contribution in [-0.4, -0.2) is 25.2 Å². The Kier molecular flexibility index (Phi) is 7.02. The SMILES string of the molecule is O=C(OCC=Cc1ccccc1)C(=O)OCC=Cc1ccccc1. The smallest absolute Gasteiger partial charge is 0.417 e. The Labute approximate surface area is 141 Å². The van der Waals surface area contributed by atoms with E-state index in [0.29, 0.717) is 0 Å². The second-order valence-electron chi connectivity index (χ2n) is 4.82. The predicted molar refractivity (Wildman–Crippen MR) is 92.9 cm³/mol. The molecule has 0 aliphatic carbocycles. The average Bonchev–Trinajstić information content (AvgIpc) is 2.63. The van der Waals surface area contributed by atoms with E-state index in [1.807, 2.05) is 60.7 Å². The number of ether oxygens (including phenoxy) is 2. The predicted octanol–water partition coefficient (Wildman–Crippen LogP) is 3.50. The van der Waals surface area contributed by atoms with Gasteiger partial charge in [-0.15, -0.1) is 0 Å². The lowest BCUT2D eigenvalue weighted by Gasteiger charge is -2.01. The van der Waals surface area contributed by atoms with E-state index in [1.54, 1.807) is 24.3 Å². The quantitative estimate of drug-likeness (QED) is 0.603. The van der Waals surface area contributed by atoms with E-state index in [1.165, 1.54) is 0 Å². The van der Waals surface area contributed by atoms with Gasteiger partial charge in [0, 0.05) is 0 Å². The molecule has 4 heteroatoms. The van der Waals surface area contributed by atoms with Crippen LogP contribution < -0.4 is 0 Å². The topological polar surface area (TPSA) is 52.6 Å². The molecule has 2 aromatic rings. The monoisotopic (exact) mass is 322 g/mol. The fraction of sp³-hybridized carbons (Fsp3) is 0.100. The second-order valence-corrected chi connectivity index (χ2v) is 4.82. The summed E-state index contributed by atoms with van der Waals surface area (Å²) in [6, 6.07) is 19.2. The number of hydrogen-bond acceptors (Lipinski definition) is 4. The number of esters is 2. The van der Waals surface area contributed by atoms with Gasteiger partial charge in [-0.25, -0.2) is 9.59 Å². The summed E-state index contributed by atoms with van der Waals surface area (Å²) in [7, 11) is 0. The third-order valence-corrected chi connectivity index (χ3v) is 3.01. The summed E-state index contributed by atoms with van der Waals surface area (Å²) in [6.45, 7) is 0.0331. The molecule has 2 rings (SSSR count). The zero-order chi connectivity index (χ0) is 17.0. The highest BCUT2D eigenvalue weighted by atomic mass is 16.6. The van der Waals surface area contributed by atoms with E-state index in [4.69, 9.17) is 9.47 Å². The van der Waals surface area contributed by atoms with Gasteiger partial charge in [0.2, 0.25) is 0 Å². The first kappa shape index (κ1) is 17.2. The van der Waals surface area contributed by atoms with Crippen molar-refractivity contribution >= 4 is 24.1 Å². The first-order valence-electron chi connectivity index (χ1n) is 7.53. The minimum atomic E-state index is -0.999. The third kappa shape index (κ3) is 6.32. The van der Waals surface area contributed by atoms with Crippen molar-refractivity contribution < 1.29 is 19.1 Å². The Bertz CT molecular complexity index is 639. The van der Waals surface area contributed by atoms with Crippen LogP contribution in [-0.2, 0) is 19.1 Å². The lowest BCUT2D eigenvalue weighted by Crippen LogP contribution is -2.20. The van der Waals surface area contributed by atoms with Crippen molar-refractivity contribution in [2.45, 2.75) is 0 Å². The van der Waals surface area contributed by atoms with E-state index in [2.05, 4.69) is 0 Å². The van der Waals surface area contributed by atoms with Crippen LogP contribution >= 0.6 is 0 Å². The summed E-state index contributed by atoms with van der Waals surface area (Å²) < 4.78 is 9.63. The van der Waals surface area contributed by atoms with Crippen molar-refractivity contribution in [1.82, 2.24) is 0 Å². The number of hydrogen-bond donors (Lipinski definition) is 0. The highest BCUT2D eigenvalue weighted by Crippen LogP contribution is 2.02. The van der Waals surface area contributed by atoms with Crippen molar-refractivity contribution in [3.8, 4) is 0 Å². The van der Waals surface area contributed by atoms with E-state index in [-0.39, 0.29) is 13.2 Å². The molecule has 0 saturated carbocycles. The van der Waals surface area contributed by atoms with Gasteiger partial charge in [0.1, 0.15) is 13.2 Å². The number of carbonyl (C=O) groups excluding carboxylic acids is 2. The highest BCUT2D eigenvalue weighted by Gasteiger charge is 2.15. The van der Waals surface area contributed by atoms with Crippen LogP contribution in [0.25, 0.3) is 12.2 Å². The first-order chi connectivity index (χ1) is 11.8. The highest BCUT2D eigenvalue weighted by molar-refractivity contribution is 6.29. The van der Waals surface area contributed by atoms with Gasteiger partial charge in [-0.3, -0.25) is 0 Å². The van der Waals surface area contributed by atoms with E-state index >= 15 is 0 Å². The van der Waals surface area contributed by atoms with E-state index < -0.39 is 11.9 Å². The fourth-order valence-electron chi connectivity index (χ4n) is 1.86. The molecule has 0 N–H and O–H groups in total. The zero-order valence-corrected chi connectivity index (χ0v) is 13.1. The molecule has 24 heavy (non-hydrogen) atoms. The Morgan fingerprint density at radius 2 is 1.04 bits per heavy atom. The van der Waals surface area contributed by atoms with Gasteiger partial charge in [0.15, 0.2) is 0 Å². The van der Waals surface area contributed by atoms with Crippen LogP contribution in [0, 0.1) is 0 Å². The van der Waals surface area contributed by atoms with Crippen LogP contribution in [0.5, 0.6) is 0 Å². The van der Waals surface area contributed by atoms with Crippen molar-refractivity contribution in [2.75, 3.05) is 13.2 Å². The standard InChI is InChI=1S/C20H18O4/c21-19(23-15-7-13-17-9-3-1-4-10-17)20(22)24-16-8-14-18-11-5-2-6-12-18/h1-14H,15-16H2. The largest absolute Gasteiger partial charge is 0.453 e. The zero-order valence-electron chi connectivity index (χ0n) is 13.1. The van der Waals surface area contributed by atoms with Crippen LogP contribution in [0.4, 0.5) is 0 Å². The minimum absolute atomic E-state index is 0.0165. The van der Waals surface area contributed by atoms with Gasteiger partial charge in [0.25, 0.3) is 0 Å². The molecule has 0 aliphatic rings. The maximum absolute atomic E-state index is 11.5. The first-order valence-corrected chi connectivity index (χ1v) is 7.53. The summed E-state index contributed by atoms with van der Waals surface area (Å²) in [5.41, 5.74) is 1.98. The lowest BCUT2D eigenvalue weighted by atomic mass is 10.2. The van der Waals surface area contributed by atoms with Crippen molar-refractivity contribution in [2.24, 2.45) is 0 Å². The maximum atomic E-state index is 11.5. The van der Waals surface area contributed by atoms with Crippen LogP contribution in [0.15, 0.2) is 72.8 Å². The third-order valence-electron chi connectivity index (χ3n) is 3.01. The number of carbonyl (C=O) groups is 2. The summed E-state index contributed by atoms with van der Waals surface area (Å²) >= 11 is 0. The second kappa shape index (κ2) is 9.79. The maximum Gasteiger partial charge on any atom is 0.417 e. The summed E-state index contributed by atoms with van der Waals surface area (Å²) in [6.07, 6.45) is 6.94. The lowest BCUT2D eigenvalue weighted by molar-refractivity contribution is -0.166. The van der Waals surface area contributed by atoms with E-state index in [9.17, 15) is 9.59 Å². The average molecular weight is 322 g/mol. The molecule has 122 valence electrons. The summed E-state index contributed by atoms with van der Waals surface area (Å²) in [5, 5.41) is 0. The van der Waals surface area contributed by atoms with Gasteiger partial charge in [-0.05, 0) is 23.3 Å². The molecule has 0 aromatic heterocycles. The molecule has 0 spiro atoms. The minimum Gasteiger partial charge on any atom is -0.453 e. The molecule has 0 amide bonds. The summed E-state index contributed by atoms with van der Waals surface area (Å²) in [5.74, 6) is -2.00. The summed E-state index contributed by atoms with van der Waals surface area (Å²) in [4.78, 5) is 22.9. The number of benzene rings is 2. The molecule has 0 bridgehead atoms. The number of rotatable bonds is 6. The molecule has 0 aliphatic heterocycles. The van der Waals surface area contributed by atoms with Crippen molar-refractivity contribution in [3.05, 3.63) is 83.9 Å². The van der Waals surface area contributed by atoms with Gasteiger partial charge in [-0.1, -0.05) is 72.8 Å². The van der Waals surface area contributed by atoms with Crippen LogP contribution in [0.1, 0.15) is 11.1 Å². The Balaban J connectivity index is 1.66. The Morgan fingerprint density at radius 1 is 0.667 bits per heavy atom. The molecule has 4 nitrogen and oxygen atoms in total. The van der Waals surface area contributed by atoms with E-state index in [0.717, 1.165) is 11.1 Å². The molecule has 0 unspecified atom stereocenters. The van der Waals surface area contributed by atoms with Gasteiger partial charge >= 0.3 is 11.9 Å². The van der Waals surface area contributed by atoms with Gasteiger partial charge in [0.05, 0.1) is 0 Å². The van der Waals surface area contributed by atoms with Crippen molar-refractivity contribution in [1.29, 1.82) is 0 Å². The Morgan fingerprint density at radius 3 is 1.42 bits per heavy atom. The molecular formula is C20H18O4. The van der Waals surface area contributed by atoms with Crippen molar-refractivity contribution in [3.63, 3.8) is 0 Å². The van der Waals surface area contributed by atoms with Gasteiger partial charge in [-0.2, -0.15) is 0 Å². The Hall–Kier alpha value is -3.14. The molecular weight excluding hydrogens is 304 g/mol. The molecule has 0 atom stereocenters. The normalized spacial score (nSPS) is 10.8. The van der Waals surface area contributed by atoms with Crippen LogP contribution in [0.3, 0.4) is 0 Å². The van der Waals surface area contributed by atoms with Gasteiger partial charge < -0.3 is 9.47 Å². The molecule has 0 radical (unpaired) electrons. The molecule has 2 aromatic carbocycles. The molecule has 0 saturated heterocycles. The fourth-order valence-corrected chi connectivity index (χ4v) is 1.86. The molecule has 0 heterocycles. The van der Waals surface area contributed by atoms with Crippen LogP contribution in [0.2, 0.25) is 0 Å².